The summed E-state index contributed by atoms with van der Waals surface area (Å²) in [6.45, 7) is 8.15. The van der Waals surface area contributed by atoms with Crippen LogP contribution < -0.4 is 10.6 Å². The van der Waals surface area contributed by atoms with Crippen molar-refractivity contribution in [2.75, 3.05) is 19.6 Å². The molecule has 2 N–H and O–H groups in total. The third kappa shape index (κ3) is 6.39. The van der Waals surface area contributed by atoms with Gasteiger partial charge in [-0.3, -0.25) is 0 Å². The van der Waals surface area contributed by atoms with Gasteiger partial charge < -0.3 is 10.6 Å². The molecular formula is C12H26N2. The minimum Gasteiger partial charge on any atom is -0.316 e. The number of rotatable bonds is 9. The van der Waals surface area contributed by atoms with E-state index < -0.39 is 0 Å². The fraction of sp³-hybridized carbons (Fsp3) is 1.00. The molecule has 0 spiro atoms. The highest BCUT2D eigenvalue weighted by Gasteiger charge is 2.19. The minimum atomic E-state index is 0.844. The Morgan fingerprint density at radius 2 is 2.07 bits per heavy atom. The molecule has 1 saturated carbocycles. The predicted molar refractivity (Wildman–Crippen MR) is 62.6 cm³/mol. The predicted octanol–water partition coefficient (Wildman–Crippen LogP) is 2.15. The second-order valence-corrected chi connectivity index (χ2v) is 4.68. The SMILES string of the molecule is CCCC(C)CNCCCNC1CC1. The van der Waals surface area contributed by atoms with E-state index in [4.69, 9.17) is 0 Å². The molecule has 0 bridgehead atoms. The summed E-state index contributed by atoms with van der Waals surface area (Å²) in [6.07, 6.45) is 6.75. The molecule has 1 atom stereocenters. The average molecular weight is 198 g/mol. The van der Waals surface area contributed by atoms with Gasteiger partial charge in [0, 0.05) is 6.04 Å². The average Bonchev–Trinajstić information content (AvgIpc) is 2.95. The van der Waals surface area contributed by atoms with Crippen LogP contribution in [0.25, 0.3) is 0 Å². The van der Waals surface area contributed by atoms with E-state index in [2.05, 4.69) is 24.5 Å². The number of hydrogen-bond donors (Lipinski definition) is 2. The summed E-state index contributed by atoms with van der Waals surface area (Å²) in [5, 5.41) is 7.05. The zero-order valence-corrected chi connectivity index (χ0v) is 9.81. The first-order valence-electron chi connectivity index (χ1n) is 6.27. The normalized spacial score (nSPS) is 18.4. The molecule has 2 heteroatoms. The summed E-state index contributed by atoms with van der Waals surface area (Å²) < 4.78 is 0. The van der Waals surface area contributed by atoms with Crippen molar-refractivity contribution in [2.24, 2.45) is 5.92 Å². The zero-order valence-electron chi connectivity index (χ0n) is 9.81. The van der Waals surface area contributed by atoms with Crippen LogP contribution >= 0.6 is 0 Å². The summed E-state index contributed by atoms with van der Waals surface area (Å²) in [6, 6.07) is 0.869. The third-order valence-corrected chi connectivity index (χ3v) is 2.81. The standard InChI is InChI=1S/C12H26N2/c1-3-5-11(2)10-13-8-4-9-14-12-6-7-12/h11-14H,3-10H2,1-2H3. The van der Waals surface area contributed by atoms with Crippen LogP contribution in [0.4, 0.5) is 0 Å². The van der Waals surface area contributed by atoms with Gasteiger partial charge in [-0.25, -0.2) is 0 Å². The molecule has 1 aliphatic carbocycles. The molecule has 14 heavy (non-hydrogen) atoms. The summed E-state index contributed by atoms with van der Waals surface area (Å²) >= 11 is 0. The van der Waals surface area contributed by atoms with Crippen molar-refractivity contribution in [3.05, 3.63) is 0 Å². The minimum absolute atomic E-state index is 0.844. The summed E-state index contributed by atoms with van der Waals surface area (Å²) in [7, 11) is 0. The first-order chi connectivity index (χ1) is 6.83. The molecule has 0 saturated heterocycles. The lowest BCUT2D eigenvalue weighted by atomic mass is 10.1. The highest BCUT2D eigenvalue weighted by Crippen LogP contribution is 2.18. The van der Waals surface area contributed by atoms with E-state index in [0.29, 0.717) is 0 Å². The second-order valence-electron chi connectivity index (χ2n) is 4.68. The van der Waals surface area contributed by atoms with Crippen LogP contribution in [0.2, 0.25) is 0 Å². The van der Waals surface area contributed by atoms with E-state index in [1.54, 1.807) is 0 Å². The Balaban J connectivity index is 1.74. The van der Waals surface area contributed by atoms with Crippen molar-refractivity contribution < 1.29 is 0 Å². The fourth-order valence-corrected chi connectivity index (χ4v) is 1.75. The monoisotopic (exact) mass is 198 g/mol. The molecule has 0 amide bonds. The van der Waals surface area contributed by atoms with Crippen LogP contribution in [0.1, 0.15) is 46.0 Å². The molecule has 84 valence electrons. The highest BCUT2D eigenvalue weighted by molar-refractivity contribution is 4.80. The number of nitrogens with one attached hydrogen (secondary N) is 2. The van der Waals surface area contributed by atoms with Gasteiger partial charge in [0.25, 0.3) is 0 Å². The van der Waals surface area contributed by atoms with Crippen molar-refractivity contribution in [1.29, 1.82) is 0 Å². The van der Waals surface area contributed by atoms with Gasteiger partial charge in [-0.1, -0.05) is 20.3 Å². The van der Waals surface area contributed by atoms with Crippen molar-refractivity contribution >= 4 is 0 Å². The smallest absolute Gasteiger partial charge is 0.00682 e. The Kier molecular flexibility index (Phi) is 6.20. The molecule has 1 fully saturated rings. The first kappa shape index (κ1) is 12.0. The molecule has 0 aromatic carbocycles. The van der Waals surface area contributed by atoms with Crippen molar-refractivity contribution in [3.63, 3.8) is 0 Å². The van der Waals surface area contributed by atoms with Gasteiger partial charge in [-0.2, -0.15) is 0 Å². The lowest BCUT2D eigenvalue weighted by Crippen LogP contribution is -2.26. The molecule has 1 aliphatic rings. The van der Waals surface area contributed by atoms with Crippen molar-refractivity contribution in [1.82, 2.24) is 10.6 Å². The van der Waals surface area contributed by atoms with Gasteiger partial charge >= 0.3 is 0 Å². The van der Waals surface area contributed by atoms with Crippen LogP contribution in [0.5, 0.6) is 0 Å². The molecule has 0 radical (unpaired) electrons. The lowest BCUT2D eigenvalue weighted by molar-refractivity contribution is 0.469. The van der Waals surface area contributed by atoms with Crippen LogP contribution in [0, 0.1) is 5.92 Å². The van der Waals surface area contributed by atoms with Gasteiger partial charge in [0.2, 0.25) is 0 Å². The van der Waals surface area contributed by atoms with Gasteiger partial charge in [-0.05, 0) is 51.2 Å². The van der Waals surface area contributed by atoms with Crippen LogP contribution in [-0.2, 0) is 0 Å². The topological polar surface area (TPSA) is 24.1 Å². The highest BCUT2D eigenvalue weighted by atomic mass is 14.9. The van der Waals surface area contributed by atoms with E-state index in [9.17, 15) is 0 Å². The molecule has 2 nitrogen and oxygen atoms in total. The van der Waals surface area contributed by atoms with E-state index in [-0.39, 0.29) is 0 Å². The molecule has 0 heterocycles. The maximum absolute atomic E-state index is 3.53. The summed E-state index contributed by atoms with van der Waals surface area (Å²) in [5.41, 5.74) is 0. The lowest BCUT2D eigenvalue weighted by Gasteiger charge is -2.11. The van der Waals surface area contributed by atoms with Crippen LogP contribution in [0.3, 0.4) is 0 Å². The van der Waals surface area contributed by atoms with E-state index in [1.165, 1.54) is 51.7 Å². The Bertz CT molecular complexity index is 132. The summed E-state index contributed by atoms with van der Waals surface area (Å²) in [4.78, 5) is 0. The Labute approximate surface area is 88.8 Å². The fourth-order valence-electron chi connectivity index (χ4n) is 1.75. The van der Waals surface area contributed by atoms with E-state index >= 15 is 0 Å². The second kappa shape index (κ2) is 7.24. The quantitative estimate of drug-likeness (QED) is 0.555. The van der Waals surface area contributed by atoms with E-state index in [1.807, 2.05) is 0 Å². The summed E-state index contributed by atoms with van der Waals surface area (Å²) in [5.74, 6) is 0.844. The largest absolute Gasteiger partial charge is 0.316 e. The zero-order chi connectivity index (χ0) is 10.2. The molecular weight excluding hydrogens is 172 g/mol. The molecule has 0 aromatic rings. The van der Waals surface area contributed by atoms with Crippen molar-refractivity contribution in [3.8, 4) is 0 Å². The van der Waals surface area contributed by atoms with E-state index in [0.717, 1.165) is 12.0 Å². The van der Waals surface area contributed by atoms with Crippen LogP contribution in [0.15, 0.2) is 0 Å². The maximum atomic E-state index is 3.53. The van der Waals surface area contributed by atoms with Crippen LogP contribution in [-0.4, -0.2) is 25.7 Å². The first-order valence-corrected chi connectivity index (χ1v) is 6.27. The van der Waals surface area contributed by atoms with Gasteiger partial charge in [-0.15, -0.1) is 0 Å². The Hall–Kier alpha value is -0.0800. The third-order valence-electron chi connectivity index (χ3n) is 2.81. The van der Waals surface area contributed by atoms with Gasteiger partial charge in [0.05, 0.1) is 0 Å². The number of hydrogen-bond acceptors (Lipinski definition) is 2. The van der Waals surface area contributed by atoms with Gasteiger partial charge in [0.15, 0.2) is 0 Å². The molecule has 1 unspecified atom stereocenters. The molecule has 0 aromatic heterocycles. The van der Waals surface area contributed by atoms with Gasteiger partial charge in [0.1, 0.15) is 0 Å². The Morgan fingerprint density at radius 3 is 2.71 bits per heavy atom. The van der Waals surface area contributed by atoms with Crippen molar-refractivity contribution in [2.45, 2.75) is 52.0 Å². The molecule has 1 rings (SSSR count). The maximum Gasteiger partial charge on any atom is 0.00682 e. The Morgan fingerprint density at radius 1 is 1.29 bits per heavy atom. The molecule has 0 aliphatic heterocycles.